The summed E-state index contributed by atoms with van der Waals surface area (Å²) in [6.07, 6.45) is 0. The Morgan fingerprint density at radius 1 is 1.07 bits per heavy atom. The van der Waals surface area contributed by atoms with Crippen molar-refractivity contribution in [1.29, 1.82) is 0 Å². The molecule has 0 radical (unpaired) electrons. The van der Waals surface area contributed by atoms with Gasteiger partial charge in [0.15, 0.2) is 0 Å². The fourth-order valence-corrected chi connectivity index (χ4v) is 1.53. The quantitative estimate of drug-likeness (QED) is 0.652. The second-order valence-electron chi connectivity index (χ2n) is 4.65. The van der Waals surface area contributed by atoms with E-state index in [-0.39, 0.29) is 5.91 Å². The van der Waals surface area contributed by atoms with Crippen LogP contribution in [0.3, 0.4) is 0 Å². The highest BCUT2D eigenvalue weighted by Crippen LogP contribution is 2.08. The van der Waals surface area contributed by atoms with Crippen molar-refractivity contribution in [2.24, 2.45) is 11.8 Å². The Labute approximate surface area is 92.6 Å². The molecule has 0 aromatic carbocycles. The summed E-state index contributed by atoms with van der Waals surface area (Å²) >= 11 is 5.80. The zero-order valence-corrected chi connectivity index (χ0v) is 10.6. The average molecular weight is 220 g/mol. The molecule has 1 unspecified atom stereocenters. The monoisotopic (exact) mass is 219 g/mol. The van der Waals surface area contributed by atoms with Crippen LogP contribution in [0.2, 0.25) is 0 Å². The maximum absolute atomic E-state index is 11.7. The fraction of sp³-hybridized carbons (Fsp3) is 0.909. The molecule has 0 aromatic heterocycles. The Balaban J connectivity index is 4.31. The Morgan fingerprint density at radius 2 is 1.43 bits per heavy atom. The minimum Gasteiger partial charge on any atom is -0.341 e. The molecule has 2 nitrogen and oxygen atoms in total. The molecule has 0 aliphatic carbocycles. The Hall–Kier alpha value is -0.240. The molecule has 0 rings (SSSR count). The second kappa shape index (κ2) is 6.28. The maximum Gasteiger partial charge on any atom is 0.240 e. The second-order valence-corrected chi connectivity index (χ2v) is 5.30. The molecule has 0 heterocycles. The number of alkyl halides is 1. The number of amides is 1. The van der Waals surface area contributed by atoms with Crippen molar-refractivity contribution in [2.45, 2.75) is 40.0 Å². The number of nitrogens with zero attached hydrogens (tertiary/aromatic N) is 1. The van der Waals surface area contributed by atoms with E-state index in [9.17, 15) is 4.79 Å². The Kier molecular flexibility index (Phi) is 6.17. The smallest absolute Gasteiger partial charge is 0.240 e. The highest BCUT2D eigenvalue weighted by atomic mass is 35.5. The lowest BCUT2D eigenvalue weighted by Gasteiger charge is -2.27. The van der Waals surface area contributed by atoms with Gasteiger partial charge in [-0.05, 0) is 18.8 Å². The summed E-state index contributed by atoms with van der Waals surface area (Å²) in [5.74, 6) is 1.04. The van der Waals surface area contributed by atoms with Gasteiger partial charge in [-0.3, -0.25) is 4.79 Å². The first kappa shape index (κ1) is 13.8. The minimum atomic E-state index is -0.410. The molecule has 14 heavy (non-hydrogen) atoms. The van der Waals surface area contributed by atoms with Crippen LogP contribution in [0, 0.1) is 11.8 Å². The summed E-state index contributed by atoms with van der Waals surface area (Å²) in [4.78, 5) is 13.6. The van der Waals surface area contributed by atoms with Crippen LogP contribution in [-0.4, -0.2) is 29.3 Å². The Bertz CT molecular complexity index is 168. The molecular weight excluding hydrogens is 198 g/mol. The molecule has 0 spiro atoms. The number of hydrogen-bond donors (Lipinski definition) is 0. The first-order valence-electron chi connectivity index (χ1n) is 5.27. The molecule has 0 aromatic rings. The van der Waals surface area contributed by atoms with Crippen LogP contribution in [-0.2, 0) is 4.79 Å². The van der Waals surface area contributed by atoms with Crippen LogP contribution >= 0.6 is 11.6 Å². The van der Waals surface area contributed by atoms with E-state index in [2.05, 4.69) is 27.7 Å². The highest BCUT2D eigenvalue weighted by molar-refractivity contribution is 6.30. The van der Waals surface area contributed by atoms with Crippen LogP contribution in [0.4, 0.5) is 0 Å². The van der Waals surface area contributed by atoms with E-state index in [1.807, 2.05) is 4.90 Å². The van der Waals surface area contributed by atoms with Crippen LogP contribution in [0.25, 0.3) is 0 Å². The average Bonchev–Trinajstić information content (AvgIpc) is 1.99. The lowest BCUT2D eigenvalue weighted by atomic mass is 10.1. The van der Waals surface area contributed by atoms with Crippen molar-refractivity contribution >= 4 is 17.5 Å². The van der Waals surface area contributed by atoms with Gasteiger partial charge < -0.3 is 4.90 Å². The molecule has 1 atom stereocenters. The Morgan fingerprint density at radius 3 is 1.64 bits per heavy atom. The molecule has 3 heteroatoms. The minimum absolute atomic E-state index is 0.0501. The summed E-state index contributed by atoms with van der Waals surface area (Å²) in [5, 5.41) is -0.410. The van der Waals surface area contributed by atoms with Crippen LogP contribution in [0.1, 0.15) is 34.6 Å². The molecule has 84 valence electrons. The van der Waals surface area contributed by atoms with Gasteiger partial charge in [0.2, 0.25) is 5.91 Å². The molecule has 1 amide bonds. The van der Waals surface area contributed by atoms with Gasteiger partial charge >= 0.3 is 0 Å². The number of hydrogen-bond acceptors (Lipinski definition) is 1. The zero-order chi connectivity index (χ0) is 11.3. The maximum atomic E-state index is 11.7. The van der Waals surface area contributed by atoms with Gasteiger partial charge in [-0.25, -0.2) is 0 Å². The van der Waals surface area contributed by atoms with E-state index in [1.165, 1.54) is 0 Å². The molecule has 0 saturated heterocycles. The van der Waals surface area contributed by atoms with Crippen molar-refractivity contribution in [3.8, 4) is 0 Å². The fourth-order valence-electron chi connectivity index (χ4n) is 1.39. The van der Waals surface area contributed by atoms with Crippen molar-refractivity contribution in [3.63, 3.8) is 0 Å². The van der Waals surface area contributed by atoms with Crippen molar-refractivity contribution in [3.05, 3.63) is 0 Å². The molecular formula is C11H22ClNO. The number of carbonyl (C=O) groups is 1. The molecule has 0 aliphatic heterocycles. The predicted octanol–water partition coefficient (Wildman–Crippen LogP) is 2.75. The van der Waals surface area contributed by atoms with E-state index in [0.29, 0.717) is 11.8 Å². The first-order valence-corrected chi connectivity index (χ1v) is 5.71. The van der Waals surface area contributed by atoms with E-state index in [0.717, 1.165) is 13.1 Å². The lowest BCUT2D eigenvalue weighted by molar-refractivity contribution is -0.131. The van der Waals surface area contributed by atoms with Gasteiger partial charge in [0, 0.05) is 13.1 Å². The van der Waals surface area contributed by atoms with E-state index < -0.39 is 5.38 Å². The van der Waals surface area contributed by atoms with Crippen molar-refractivity contribution in [1.82, 2.24) is 4.90 Å². The van der Waals surface area contributed by atoms with Crippen LogP contribution < -0.4 is 0 Å². The standard InChI is InChI=1S/C11H22ClNO/c1-8(2)6-13(7-9(3)4)11(14)10(5)12/h8-10H,6-7H2,1-5H3. The SMILES string of the molecule is CC(C)CN(CC(C)C)C(=O)C(C)Cl. The van der Waals surface area contributed by atoms with Crippen LogP contribution in [0.15, 0.2) is 0 Å². The summed E-state index contributed by atoms with van der Waals surface area (Å²) in [6, 6.07) is 0. The third-order valence-electron chi connectivity index (χ3n) is 1.82. The summed E-state index contributed by atoms with van der Waals surface area (Å²) in [6.45, 7) is 11.8. The summed E-state index contributed by atoms with van der Waals surface area (Å²) < 4.78 is 0. The van der Waals surface area contributed by atoms with E-state index >= 15 is 0 Å². The van der Waals surface area contributed by atoms with Gasteiger partial charge in [-0.15, -0.1) is 11.6 Å². The first-order chi connectivity index (χ1) is 6.34. The van der Waals surface area contributed by atoms with Crippen LogP contribution in [0.5, 0.6) is 0 Å². The molecule has 0 aliphatic rings. The summed E-state index contributed by atoms with van der Waals surface area (Å²) in [5.41, 5.74) is 0. The largest absolute Gasteiger partial charge is 0.341 e. The topological polar surface area (TPSA) is 20.3 Å². The third kappa shape index (κ3) is 5.48. The molecule has 0 saturated carbocycles. The third-order valence-corrected chi connectivity index (χ3v) is 2.01. The normalized spacial score (nSPS) is 13.4. The highest BCUT2D eigenvalue weighted by Gasteiger charge is 2.19. The van der Waals surface area contributed by atoms with E-state index in [1.54, 1.807) is 6.92 Å². The van der Waals surface area contributed by atoms with Gasteiger partial charge in [-0.1, -0.05) is 27.7 Å². The van der Waals surface area contributed by atoms with Crippen molar-refractivity contribution < 1.29 is 4.79 Å². The lowest BCUT2D eigenvalue weighted by Crippen LogP contribution is -2.40. The number of halogens is 1. The summed E-state index contributed by atoms with van der Waals surface area (Å²) in [7, 11) is 0. The molecule has 0 bridgehead atoms. The number of rotatable bonds is 5. The van der Waals surface area contributed by atoms with Gasteiger partial charge in [0.05, 0.1) is 0 Å². The number of carbonyl (C=O) groups excluding carboxylic acids is 1. The van der Waals surface area contributed by atoms with Gasteiger partial charge in [-0.2, -0.15) is 0 Å². The van der Waals surface area contributed by atoms with Gasteiger partial charge in [0.25, 0.3) is 0 Å². The van der Waals surface area contributed by atoms with Crippen molar-refractivity contribution in [2.75, 3.05) is 13.1 Å². The zero-order valence-electron chi connectivity index (χ0n) is 9.88. The predicted molar refractivity (Wildman–Crippen MR) is 61.6 cm³/mol. The van der Waals surface area contributed by atoms with E-state index in [4.69, 9.17) is 11.6 Å². The van der Waals surface area contributed by atoms with Gasteiger partial charge in [0.1, 0.15) is 5.38 Å². The molecule has 0 fully saturated rings. The molecule has 0 N–H and O–H groups in total.